The largest absolute Gasteiger partial charge is 0.289 e. The first-order valence-electron chi connectivity index (χ1n) is 3.45. The normalized spacial score (nSPS) is 22.3. The number of aliphatic imine (C=N–C) groups is 1. The highest BCUT2D eigenvalue weighted by Crippen LogP contribution is 2.26. The molecule has 0 aromatic rings. The molecule has 0 atom stereocenters. The van der Waals surface area contributed by atoms with Gasteiger partial charge in [-0.15, -0.1) is 0 Å². The van der Waals surface area contributed by atoms with E-state index < -0.39 is 0 Å². The Morgan fingerprint density at radius 1 is 1.45 bits per heavy atom. The van der Waals surface area contributed by atoms with Crippen LogP contribution in [0, 0.1) is 0 Å². The van der Waals surface area contributed by atoms with Crippen LogP contribution in [-0.4, -0.2) is 18.0 Å². The van der Waals surface area contributed by atoms with Crippen LogP contribution in [0.3, 0.4) is 0 Å². The fraction of sp³-hybridized carbons (Fsp3) is 0.250. The molecule has 0 radical (unpaired) electrons. The van der Waals surface area contributed by atoms with Crippen molar-refractivity contribution < 1.29 is 4.79 Å². The molecule has 3 heteroatoms. The minimum Gasteiger partial charge on any atom is -0.289 e. The van der Waals surface area contributed by atoms with Crippen LogP contribution in [0.4, 0.5) is 0 Å². The average Bonchev–Trinajstić information content (AvgIpc) is 2.45. The van der Waals surface area contributed by atoms with Crippen molar-refractivity contribution in [2.24, 2.45) is 4.99 Å². The number of allylic oxidation sites excluding steroid dienone is 3. The lowest BCUT2D eigenvalue weighted by Gasteiger charge is -2.05. The molecule has 0 bridgehead atoms. The van der Waals surface area contributed by atoms with Crippen LogP contribution in [0.5, 0.6) is 0 Å². The molecule has 1 aliphatic carbocycles. The van der Waals surface area contributed by atoms with Crippen molar-refractivity contribution in [1.29, 1.82) is 0 Å². The molecule has 0 spiro atoms. The lowest BCUT2D eigenvalue weighted by Crippen LogP contribution is -2.07. The number of nitrogens with zero attached hydrogens (tertiary/aromatic N) is 1. The molecule has 11 heavy (non-hydrogen) atoms. The van der Waals surface area contributed by atoms with Gasteiger partial charge in [-0.1, -0.05) is 0 Å². The second kappa shape index (κ2) is 2.55. The van der Waals surface area contributed by atoms with Crippen LogP contribution in [0.15, 0.2) is 26.3 Å². The maximum atomic E-state index is 11.1. The summed E-state index contributed by atoms with van der Waals surface area (Å²) in [5.74, 6) is 0.126. The van der Waals surface area contributed by atoms with Gasteiger partial charge in [-0.25, -0.2) is 0 Å². The maximum absolute atomic E-state index is 11.1. The van der Waals surface area contributed by atoms with Gasteiger partial charge in [0.05, 0.1) is 9.29 Å². The molecule has 2 nitrogen and oxygen atoms in total. The summed E-state index contributed by atoms with van der Waals surface area (Å²) in [5, 5.41) is 0. The molecule has 0 aromatic heterocycles. The van der Waals surface area contributed by atoms with Crippen molar-refractivity contribution in [2.75, 3.05) is 6.54 Å². The monoisotopic (exact) mass is 259 g/mol. The Morgan fingerprint density at radius 3 is 3.09 bits per heavy atom. The fourth-order valence-corrected chi connectivity index (χ4v) is 1.99. The predicted octanol–water partition coefficient (Wildman–Crippen LogP) is 1.66. The summed E-state index contributed by atoms with van der Waals surface area (Å²) >= 11 is 2.10. The number of carbonyl (C=O) groups excluding carboxylic acids is 1. The second-order valence-corrected chi connectivity index (χ2v) is 3.59. The van der Waals surface area contributed by atoms with Gasteiger partial charge < -0.3 is 0 Å². The molecule has 1 heterocycles. The third kappa shape index (κ3) is 1.07. The van der Waals surface area contributed by atoms with E-state index in [0.717, 1.165) is 27.8 Å². The second-order valence-electron chi connectivity index (χ2n) is 2.51. The molecule has 0 aromatic carbocycles. The van der Waals surface area contributed by atoms with Crippen molar-refractivity contribution >= 4 is 34.1 Å². The van der Waals surface area contributed by atoms with Gasteiger partial charge in [0, 0.05) is 6.54 Å². The Morgan fingerprint density at radius 2 is 2.27 bits per heavy atom. The molecule has 0 unspecified atom stereocenters. The summed E-state index contributed by atoms with van der Waals surface area (Å²) in [4.78, 5) is 15.4. The van der Waals surface area contributed by atoms with Gasteiger partial charge in [-0.3, -0.25) is 9.79 Å². The lowest BCUT2D eigenvalue weighted by molar-refractivity contribution is -0.110. The SMILES string of the molecule is O=C1C=CC2=NCCC2=C1I. The van der Waals surface area contributed by atoms with E-state index in [9.17, 15) is 4.79 Å². The molecule has 0 saturated carbocycles. The molecular formula is C8H6INO. The van der Waals surface area contributed by atoms with E-state index in [0.29, 0.717) is 0 Å². The van der Waals surface area contributed by atoms with Gasteiger partial charge in [0.25, 0.3) is 0 Å². The first-order chi connectivity index (χ1) is 5.29. The smallest absolute Gasteiger partial charge is 0.192 e. The van der Waals surface area contributed by atoms with E-state index in [1.807, 2.05) is 6.08 Å². The summed E-state index contributed by atoms with van der Waals surface area (Å²) in [6.45, 7) is 0.842. The molecule has 0 amide bonds. The summed E-state index contributed by atoms with van der Waals surface area (Å²) in [5.41, 5.74) is 2.15. The minimum atomic E-state index is 0.126. The molecule has 56 valence electrons. The van der Waals surface area contributed by atoms with Crippen molar-refractivity contribution in [3.05, 3.63) is 21.3 Å². The van der Waals surface area contributed by atoms with Crippen LogP contribution in [0.1, 0.15) is 6.42 Å². The van der Waals surface area contributed by atoms with Crippen LogP contribution in [0.25, 0.3) is 0 Å². The van der Waals surface area contributed by atoms with E-state index in [4.69, 9.17) is 0 Å². The number of halogens is 1. The maximum Gasteiger partial charge on any atom is 0.192 e. The standard InChI is InChI=1S/C8H6INO/c9-8-5-3-4-10-6(5)1-2-7(8)11/h1-2H,3-4H2. The van der Waals surface area contributed by atoms with Crippen molar-refractivity contribution in [1.82, 2.24) is 0 Å². The summed E-state index contributed by atoms with van der Waals surface area (Å²) in [6.07, 6.45) is 4.34. The van der Waals surface area contributed by atoms with Gasteiger partial charge in [0.1, 0.15) is 0 Å². The third-order valence-corrected chi connectivity index (χ3v) is 3.01. The quantitative estimate of drug-likeness (QED) is 0.480. The van der Waals surface area contributed by atoms with Gasteiger partial charge in [-0.2, -0.15) is 0 Å². The Balaban J connectivity index is 2.52. The Bertz CT molecular complexity index is 312. The predicted molar refractivity (Wildman–Crippen MR) is 52.1 cm³/mol. The zero-order valence-electron chi connectivity index (χ0n) is 5.80. The third-order valence-electron chi connectivity index (χ3n) is 1.83. The number of hydrogen-bond acceptors (Lipinski definition) is 2. The first kappa shape index (κ1) is 7.21. The van der Waals surface area contributed by atoms with E-state index >= 15 is 0 Å². The van der Waals surface area contributed by atoms with Crippen LogP contribution in [0.2, 0.25) is 0 Å². The molecule has 1 aliphatic heterocycles. The molecule has 0 saturated heterocycles. The van der Waals surface area contributed by atoms with Gasteiger partial charge in [0.15, 0.2) is 5.78 Å². The molecule has 2 rings (SSSR count). The molecule has 2 aliphatic rings. The van der Waals surface area contributed by atoms with E-state index in [1.165, 1.54) is 0 Å². The Kier molecular flexibility index (Phi) is 1.67. The van der Waals surface area contributed by atoms with Gasteiger partial charge in [0.2, 0.25) is 0 Å². The molecule has 0 fully saturated rings. The lowest BCUT2D eigenvalue weighted by atomic mass is 10.0. The highest BCUT2D eigenvalue weighted by atomic mass is 127. The van der Waals surface area contributed by atoms with Crippen molar-refractivity contribution in [2.45, 2.75) is 6.42 Å². The van der Waals surface area contributed by atoms with Crippen molar-refractivity contribution in [3.8, 4) is 0 Å². The number of fused-ring (bicyclic) bond motifs is 1. The van der Waals surface area contributed by atoms with Crippen LogP contribution < -0.4 is 0 Å². The highest BCUT2D eigenvalue weighted by Gasteiger charge is 2.21. The minimum absolute atomic E-state index is 0.126. The fourth-order valence-electron chi connectivity index (χ4n) is 1.26. The van der Waals surface area contributed by atoms with Gasteiger partial charge in [-0.05, 0) is 46.7 Å². The Labute approximate surface area is 78.2 Å². The summed E-state index contributed by atoms with van der Waals surface area (Å²) in [6, 6.07) is 0. The molecule has 0 N–H and O–H groups in total. The first-order valence-corrected chi connectivity index (χ1v) is 4.53. The number of carbonyl (C=O) groups is 1. The van der Waals surface area contributed by atoms with Crippen LogP contribution in [-0.2, 0) is 4.79 Å². The highest BCUT2D eigenvalue weighted by molar-refractivity contribution is 14.1. The summed E-state index contributed by atoms with van der Waals surface area (Å²) < 4.78 is 0.848. The van der Waals surface area contributed by atoms with E-state index in [2.05, 4.69) is 27.6 Å². The zero-order chi connectivity index (χ0) is 7.84. The van der Waals surface area contributed by atoms with Crippen LogP contribution >= 0.6 is 22.6 Å². The zero-order valence-corrected chi connectivity index (χ0v) is 7.96. The number of rotatable bonds is 0. The van der Waals surface area contributed by atoms with Gasteiger partial charge >= 0.3 is 0 Å². The average molecular weight is 259 g/mol. The topological polar surface area (TPSA) is 29.4 Å². The van der Waals surface area contributed by atoms with E-state index in [1.54, 1.807) is 6.08 Å². The Hall–Kier alpha value is -0.450. The molecular weight excluding hydrogens is 253 g/mol. The van der Waals surface area contributed by atoms with E-state index in [-0.39, 0.29) is 5.78 Å². The number of hydrogen-bond donors (Lipinski definition) is 0. The van der Waals surface area contributed by atoms with Crippen molar-refractivity contribution in [3.63, 3.8) is 0 Å². The summed E-state index contributed by atoms with van der Waals surface area (Å²) in [7, 11) is 0. The number of ketones is 1.